The Morgan fingerprint density at radius 2 is 1.86 bits per heavy atom. The lowest BCUT2D eigenvalue weighted by atomic mass is 10.1. The molecule has 0 spiro atoms. The van der Waals surface area contributed by atoms with Gasteiger partial charge in [-0.1, -0.05) is 62.6 Å². The van der Waals surface area contributed by atoms with Gasteiger partial charge in [-0.05, 0) is 24.5 Å². The molecule has 0 aromatic heterocycles. The van der Waals surface area contributed by atoms with Crippen LogP contribution in [0.25, 0.3) is 0 Å². The summed E-state index contributed by atoms with van der Waals surface area (Å²) in [4.78, 5) is 0. The summed E-state index contributed by atoms with van der Waals surface area (Å²) in [5.74, 6) is 0. The van der Waals surface area contributed by atoms with Gasteiger partial charge >= 0.3 is 0 Å². The van der Waals surface area contributed by atoms with Crippen molar-refractivity contribution in [1.82, 2.24) is 0 Å². The molecule has 0 unspecified atom stereocenters. The van der Waals surface area contributed by atoms with E-state index in [4.69, 9.17) is 0 Å². The molecular weight excluding hydrogens is 168 g/mol. The third kappa shape index (κ3) is 4.86. The van der Waals surface area contributed by atoms with Gasteiger partial charge in [-0.3, -0.25) is 0 Å². The normalized spacial score (nSPS) is 10.9. The predicted molar refractivity (Wildman–Crippen MR) is 62.1 cm³/mol. The third-order valence-electron chi connectivity index (χ3n) is 2.24. The van der Waals surface area contributed by atoms with E-state index >= 15 is 0 Å². The summed E-state index contributed by atoms with van der Waals surface area (Å²) in [6.45, 7) is 2.24. The van der Waals surface area contributed by atoms with Gasteiger partial charge in [-0.2, -0.15) is 0 Å². The Balaban J connectivity index is 2.15. The molecule has 0 aliphatic rings. The SMILES string of the molecule is CCCCCC/C=[C]\c1ccccc1. The minimum Gasteiger partial charge on any atom is -0.0760 e. The topological polar surface area (TPSA) is 0 Å². The van der Waals surface area contributed by atoms with E-state index in [-0.39, 0.29) is 0 Å². The van der Waals surface area contributed by atoms with Crippen LogP contribution < -0.4 is 0 Å². The summed E-state index contributed by atoms with van der Waals surface area (Å²) in [6.07, 6.45) is 11.9. The van der Waals surface area contributed by atoms with Crippen LogP contribution in [0.2, 0.25) is 0 Å². The standard InChI is InChI=1S/C14H19/c1-2-3-4-5-6-8-11-14-12-9-7-10-13-14/h7-10,12-13H,2-6H2,1H3. The van der Waals surface area contributed by atoms with E-state index in [9.17, 15) is 0 Å². The van der Waals surface area contributed by atoms with Crippen molar-refractivity contribution in [2.24, 2.45) is 0 Å². The summed E-state index contributed by atoms with van der Waals surface area (Å²) < 4.78 is 0. The van der Waals surface area contributed by atoms with Crippen LogP contribution in [0.3, 0.4) is 0 Å². The minimum atomic E-state index is 1.16. The van der Waals surface area contributed by atoms with Gasteiger partial charge in [0.25, 0.3) is 0 Å². The first-order valence-corrected chi connectivity index (χ1v) is 5.56. The molecular formula is C14H19. The van der Waals surface area contributed by atoms with Crippen LogP contribution >= 0.6 is 0 Å². The van der Waals surface area contributed by atoms with Gasteiger partial charge in [0.05, 0.1) is 0 Å². The van der Waals surface area contributed by atoms with Crippen molar-refractivity contribution in [2.75, 3.05) is 0 Å². The van der Waals surface area contributed by atoms with Gasteiger partial charge in [-0.25, -0.2) is 0 Å². The summed E-state index contributed by atoms with van der Waals surface area (Å²) in [5, 5.41) is 0. The van der Waals surface area contributed by atoms with E-state index in [1.165, 1.54) is 31.2 Å². The summed E-state index contributed by atoms with van der Waals surface area (Å²) in [7, 11) is 0. The molecule has 0 heteroatoms. The number of rotatable bonds is 6. The summed E-state index contributed by atoms with van der Waals surface area (Å²) in [5.41, 5.74) is 1.18. The van der Waals surface area contributed by atoms with Crippen LogP contribution in [0.5, 0.6) is 0 Å². The van der Waals surface area contributed by atoms with Gasteiger partial charge in [-0.15, -0.1) is 0 Å². The lowest BCUT2D eigenvalue weighted by molar-refractivity contribution is 0.674. The molecule has 0 aliphatic heterocycles. The zero-order valence-electron chi connectivity index (χ0n) is 9.00. The summed E-state index contributed by atoms with van der Waals surface area (Å²) in [6, 6.07) is 10.3. The van der Waals surface area contributed by atoms with Gasteiger partial charge in [0.1, 0.15) is 0 Å². The highest BCUT2D eigenvalue weighted by Crippen LogP contribution is 2.04. The first kappa shape index (κ1) is 11.0. The summed E-state index contributed by atoms with van der Waals surface area (Å²) >= 11 is 0. The third-order valence-corrected chi connectivity index (χ3v) is 2.24. The number of allylic oxidation sites excluding steroid dienone is 1. The molecule has 0 N–H and O–H groups in total. The van der Waals surface area contributed by atoms with Crippen LogP contribution in [0.1, 0.15) is 44.6 Å². The second-order valence-electron chi connectivity index (χ2n) is 3.56. The lowest BCUT2D eigenvalue weighted by Crippen LogP contribution is -1.75. The largest absolute Gasteiger partial charge is 0.0760 e. The quantitative estimate of drug-likeness (QED) is 0.580. The van der Waals surface area contributed by atoms with Crippen molar-refractivity contribution < 1.29 is 0 Å². The molecule has 0 heterocycles. The van der Waals surface area contributed by atoms with Gasteiger partial charge in [0.2, 0.25) is 0 Å². The van der Waals surface area contributed by atoms with Crippen molar-refractivity contribution in [3.05, 3.63) is 48.0 Å². The molecule has 0 bridgehead atoms. The van der Waals surface area contributed by atoms with Crippen LogP contribution in [0.4, 0.5) is 0 Å². The predicted octanol–water partition coefficient (Wildman–Crippen LogP) is 4.36. The molecule has 1 rings (SSSR count). The Morgan fingerprint density at radius 1 is 1.07 bits per heavy atom. The van der Waals surface area contributed by atoms with Gasteiger partial charge in [0, 0.05) is 0 Å². The Kier molecular flexibility index (Phi) is 5.81. The fraction of sp³-hybridized carbons (Fsp3) is 0.429. The molecule has 1 aromatic carbocycles. The highest BCUT2D eigenvalue weighted by molar-refractivity contribution is 5.21. The average Bonchev–Trinajstić information content (AvgIpc) is 2.25. The Morgan fingerprint density at radius 3 is 2.57 bits per heavy atom. The molecule has 0 aliphatic carbocycles. The monoisotopic (exact) mass is 187 g/mol. The Labute approximate surface area is 87.7 Å². The minimum absolute atomic E-state index is 1.16. The van der Waals surface area contributed by atoms with Crippen molar-refractivity contribution in [3.8, 4) is 0 Å². The Hall–Kier alpha value is -1.04. The Bertz CT molecular complexity index is 246. The van der Waals surface area contributed by atoms with E-state index in [0.717, 1.165) is 6.42 Å². The highest BCUT2D eigenvalue weighted by Gasteiger charge is 1.85. The average molecular weight is 187 g/mol. The molecule has 0 saturated carbocycles. The van der Waals surface area contributed by atoms with Gasteiger partial charge in [0.15, 0.2) is 0 Å². The molecule has 0 saturated heterocycles. The lowest BCUT2D eigenvalue weighted by Gasteiger charge is -1.94. The van der Waals surface area contributed by atoms with E-state index in [1.807, 2.05) is 18.2 Å². The smallest absolute Gasteiger partial charge is 0.0149 e. The van der Waals surface area contributed by atoms with Crippen molar-refractivity contribution in [1.29, 1.82) is 0 Å². The number of unbranched alkanes of at least 4 members (excludes halogenated alkanes) is 4. The highest BCUT2D eigenvalue weighted by atomic mass is 13.9. The fourth-order valence-electron chi connectivity index (χ4n) is 1.40. The van der Waals surface area contributed by atoms with E-state index in [0.29, 0.717) is 0 Å². The molecule has 0 fully saturated rings. The maximum atomic E-state index is 3.30. The van der Waals surface area contributed by atoms with E-state index in [1.54, 1.807) is 0 Å². The van der Waals surface area contributed by atoms with Gasteiger partial charge < -0.3 is 0 Å². The second kappa shape index (κ2) is 7.37. The van der Waals surface area contributed by atoms with Crippen LogP contribution in [-0.4, -0.2) is 0 Å². The molecule has 1 aromatic rings. The molecule has 14 heavy (non-hydrogen) atoms. The van der Waals surface area contributed by atoms with E-state index in [2.05, 4.69) is 31.2 Å². The van der Waals surface area contributed by atoms with Crippen molar-refractivity contribution in [3.63, 3.8) is 0 Å². The van der Waals surface area contributed by atoms with Crippen LogP contribution in [-0.2, 0) is 0 Å². The van der Waals surface area contributed by atoms with Crippen LogP contribution in [0.15, 0.2) is 36.4 Å². The number of benzene rings is 1. The molecule has 0 nitrogen and oxygen atoms in total. The zero-order chi connectivity index (χ0) is 10.1. The maximum Gasteiger partial charge on any atom is -0.0149 e. The van der Waals surface area contributed by atoms with Crippen LogP contribution in [0, 0.1) is 6.08 Å². The molecule has 0 atom stereocenters. The maximum absolute atomic E-state index is 3.30. The van der Waals surface area contributed by atoms with E-state index < -0.39 is 0 Å². The molecule has 1 radical (unpaired) electrons. The second-order valence-corrected chi connectivity index (χ2v) is 3.56. The molecule has 0 amide bonds. The fourth-order valence-corrected chi connectivity index (χ4v) is 1.40. The number of hydrogen-bond acceptors (Lipinski definition) is 0. The van der Waals surface area contributed by atoms with Crippen molar-refractivity contribution >= 4 is 0 Å². The molecule has 75 valence electrons. The zero-order valence-corrected chi connectivity index (χ0v) is 9.00. The first-order chi connectivity index (χ1) is 6.93. The van der Waals surface area contributed by atoms with Crippen molar-refractivity contribution in [2.45, 2.75) is 39.0 Å². The first-order valence-electron chi connectivity index (χ1n) is 5.56. The number of hydrogen-bond donors (Lipinski definition) is 0.